The zero-order valence-electron chi connectivity index (χ0n) is 8.35. The topological polar surface area (TPSA) is 59.4 Å². The van der Waals surface area contributed by atoms with E-state index in [9.17, 15) is 4.79 Å². The lowest BCUT2D eigenvalue weighted by atomic mass is 10.2. The average Bonchev–Trinajstić information content (AvgIpc) is 2.71. The monoisotopic (exact) mass is 207 g/mol. The first-order valence-electron chi connectivity index (χ1n) is 5.11. The highest BCUT2D eigenvalue weighted by Crippen LogP contribution is 2.25. The third-order valence-corrected chi connectivity index (χ3v) is 2.61. The van der Waals surface area contributed by atoms with Crippen molar-refractivity contribution >= 4 is 5.97 Å². The third-order valence-electron chi connectivity index (χ3n) is 2.61. The fraction of sp³-hybridized carbons (Fsp3) is 0.455. The smallest absolute Gasteiger partial charge is 0.339 e. The van der Waals surface area contributed by atoms with E-state index >= 15 is 0 Å². The van der Waals surface area contributed by atoms with E-state index < -0.39 is 5.97 Å². The maximum atomic E-state index is 10.9. The Bertz CT molecular complexity index is 359. The van der Waals surface area contributed by atoms with Crippen molar-refractivity contribution < 1.29 is 14.6 Å². The number of hydrogen-bond donors (Lipinski definition) is 1. The number of aromatic nitrogens is 1. The minimum Gasteiger partial charge on any atom is -0.488 e. The zero-order chi connectivity index (χ0) is 10.7. The van der Waals surface area contributed by atoms with Crippen molar-refractivity contribution in [1.82, 2.24) is 4.98 Å². The van der Waals surface area contributed by atoms with Crippen LogP contribution in [0.5, 0.6) is 5.75 Å². The van der Waals surface area contributed by atoms with Gasteiger partial charge in [-0.05, 0) is 31.7 Å². The average molecular weight is 207 g/mol. The summed E-state index contributed by atoms with van der Waals surface area (Å²) in [7, 11) is 0. The molecule has 4 nitrogen and oxygen atoms in total. The van der Waals surface area contributed by atoms with Gasteiger partial charge in [0, 0.05) is 6.20 Å². The summed E-state index contributed by atoms with van der Waals surface area (Å²) in [5.74, 6) is -0.581. The van der Waals surface area contributed by atoms with E-state index in [1.165, 1.54) is 18.5 Å². The van der Waals surface area contributed by atoms with E-state index in [0.717, 1.165) is 25.7 Å². The Balaban J connectivity index is 2.15. The van der Waals surface area contributed by atoms with Crippen molar-refractivity contribution in [3.05, 3.63) is 24.0 Å². The van der Waals surface area contributed by atoms with Crippen LogP contribution in [-0.2, 0) is 0 Å². The number of aromatic carboxylic acids is 1. The summed E-state index contributed by atoms with van der Waals surface area (Å²) in [5.41, 5.74) is 0.192. The van der Waals surface area contributed by atoms with Crippen molar-refractivity contribution in [2.24, 2.45) is 0 Å². The molecule has 1 N–H and O–H groups in total. The molecule has 0 unspecified atom stereocenters. The van der Waals surface area contributed by atoms with E-state index in [2.05, 4.69) is 4.98 Å². The predicted molar refractivity (Wildman–Crippen MR) is 54.1 cm³/mol. The Kier molecular flexibility index (Phi) is 2.85. The summed E-state index contributed by atoms with van der Waals surface area (Å²) in [4.78, 5) is 14.8. The lowest BCUT2D eigenvalue weighted by molar-refractivity contribution is 0.0689. The van der Waals surface area contributed by atoms with Gasteiger partial charge in [-0.15, -0.1) is 0 Å². The number of rotatable bonds is 3. The molecule has 1 heterocycles. The van der Waals surface area contributed by atoms with E-state index in [4.69, 9.17) is 9.84 Å². The highest BCUT2D eigenvalue weighted by Gasteiger charge is 2.19. The highest BCUT2D eigenvalue weighted by molar-refractivity contribution is 5.90. The molecule has 2 rings (SSSR count). The van der Waals surface area contributed by atoms with Crippen molar-refractivity contribution in [1.29, 1.82) is 0 Å². The molecule has 0 radical (unpaired) electrons. The van der Waals surface area contributed by atoms with Crippen molar-refractivity contribution in [3.8, 4) is 5.75 Å². The molecule has 0 aliphatic heterocycles. The van der Waals surface area contributed by atoms with Gasteiger partial charge in [-0.1, -0.05) is 0 Å². The first kappa shape index (κ1) is 9.96. The molecule has 1 aromatic heterocycles. The van der Waals surface area contributed by atoms with Gasteiger partial charge in [0.15, 0.2) is 5.75 Å². The van der Waals surface area contributed by atoms with Crippen LogP contribution >= 0.6 is 0 Å². The summed E-state index contributed by atoms with van der Waals surface area (Å²) < 4.78 is 5.62. The number of hydrogen-bond acceptors (Lipinski definition) is 3. The van der Waals surface area contributed by atoms with Crippen LogP contribution in [0.3, 0.4) is 0 Å². The van der Waals surface area contributed by atoms with E-state index in [1.807, 2.05) is 0 Å². The van der Waals surface area contributed by atoms with Crippen LogP contribution < -0.4 is 4.74 Å². The van der Waals surface area contributed by atoms with Crippen LogP contribution in [0.2, 0.25) is 0 Å². The van der Waals surface area contributed by atoms with Gasteiger partial charge in [0.2, 0.25) is 0 Å². The lowest BCUT2D eigenvalue weighted by Crippen LogP contribution is -2.13. The van der Waals surface area contributed by atoms with Crippen molar-refractivity contribution in [2.75, 3.05) is 0 Å². The number of carbonyl (C=O) groups is 1. The van der Waals surface area contributed by atoms with Crippen LogP contribution in [0.15, 0.2) is 18.5 Å². The zero-order valence-corrected chi connectivity index (χ0v) is 8.35. The molecule has 0 bridgehead atoms. The van der Waals surface area contributed by atoms with Crippen LogP contribution in [0.25, 0.3) is 0 Å². The molecule has 0 saturated heterocycles. The minimum atomic E-state index is -0.967. The summed E-state index contributed by atoms with van der Waals surface area (Å²) in [6.07, 6.45) is 7.43. The van der Waals surface area contributed by atoms with E-state index in [0.29, 0.717) is 5.75 Å². The van der Waals surface area contributed by atoms with Gasteiger partial charge in [0.25, 0.3) is 0 Å². The minimum absolute atomic E-state index is 0.160. The molecule has 1 aliphatic rings. The van der Waals surface area contributed by atoms with Crippen molar-refractivity contribution in [3.63, 3.8) is 0 Å². The SMILES string of the molecule is O=C(O)c1ccncc1OC1CCCC1. The quantitative estimate of drug-likeness (QED) is 0.824. The van der Waals surface area contributed by atoms with Gasteiger partial charge in [0.05, 0.1) is 12.3 Å². The molecule has 1 aliphatic carbocycles. The fourth-order valence-electron chi connectivity index (χ4n) is 1.84. The summed E-state index contributed by atoms with van der Waals surface area (Å²) in [5, 5.41) is 8.93. The largest absolute Gasteiger partial charge is 0.488 e. The molecule has 15 heavy (non-hydrogen) atoms. The first-order chi connectivity index (χ1) is 7.27. The second kappa shape index (κ2) is 4.29. The summed E-state index contributed by atoms with van der Waals surface area (Å²) >= 11 is 0. The Morgan fingerprint density at radius 1 is 1.47 bits per heavy atom. The molecule has 1 fully saturated rings. The Labute approximate surface area is 87.9 Å². The molecular weight excluding hydrogens is 194 g/mol. The van der Waals surface area contributed by atoms with Gasteiger partial charge in [-0.25, -0.2) is 4.79 Å². The van der Waals surface area contributed by atoms with Gasteiger partial charge in [-0.3, -0.25) is 4.98 Å². The molecule has 80 valence electrons. The number of carboxylic acids is 1. The number of nitrogens with zero attached hydrogens (tertiary/aromatic N) is 1. The number of pyridine rings is 1. The molecule has 0 atom stereocenters. The molecule has 0 spiro atoms. The number of ether oxygens (including phenoxy) is 1. The van der Waals surface area contributed by atoms with Crippen LogP contribution in [0.1, 0.15) is 36.0 Å². The Hall–Kier alpha value is -1.58. The van der Waals surface area contributed by atoms with Gasteiger partial charge >= 0.3 is 5.97 Å². The fourth-order valence-corrected chi connectivity index (χ4v) is 1.84. The summed E-state index contributed by atoms with van der Waals surface area (Å²) in [6, 6.07) is 1.46. The molecule has 4 heteroatoms. The second-order valence-electron chi connectivity index (χ2n) is 3.70. The Morgan fingerprint density at radius 3 is 2.87 bits per heavy atom. The summed E-state index contributed by atoms with van der Waals surface area (Å²) in [6.45, 7) is 0. The van der Waals surface area contributed by atoms with Crippen LogP contribution in [-0.4, -0.2) is 22.2 Å². The van der Waals surface area contributed by atoms with Crippen LogP contribution in [0.4, 0.5) is 0 Å². The first-order valence-corrected chi connectivity index (χ1v) is 5.11. The normalized spacial score (nSPS) is 16.5. The third kappa shape index (κ3) is 2.26. The van der Waals surface area contributed by atoms with Crippen LogP contribution in [0, 0.1) is 0 Å². The Morgan fingerprint density at radius 2 is 2.20 bits per heavy atom. The van der Waals surface area contributed by atoms with Crippen molar-refractivity contribution in [2.45, 2.75) is 31.8 Å². The van der Waals surface area contributed by atoms with Gasteiger partial charge < -0.3 is 9.84 Å². The van der Waals surface area contributed by atoms with Gasteiger partial charge in [0.1, 0.15) is 5.56 Å². The maximum Gasteiger partial charge on any atom is 0.339 e. The predicted octanol–water partition coefficient (Wildman–Crippen LogP) is 2.10. The van der Waals surface area contributed by atoms with E-state index in [-0.39, 0.29) is 11.7 Å². The molecule has 0 aromatic carbocycles. The molecule has 1 saturated carbocycles. The van der Waals surface area contributed by atoms with Gasteiger partial charge in [-0.2, -0.15) is 0 Å². The lowest BCUT2D eigenvalue weighted by Gasteiger charge is -2.13. The standard InChI is InChI=1S/C11H13NO3/c13-11(14)9-5-6-12-7-10(9)15-8-3-1-2-4-8/h5-8H,1-4H2,(H,13,14). The van der Waals surface area contributed by atoms with E-state index in [1.54, 1.807) is 0 Å². The molecule has 1 aromatic rings. The highest BCUT2D eigenvalue weighted by atomic mass is 16.5. The molecular formula is C11H13NO3. The number of carboxylic acid groups (broad SMARTS) is 1. The second-order valence-corrected chi connectivity index (χ2v) is 3.70. The maximum absolute atomic E-state index is 10.9. The molecule has 0 amide bonds.